The average Bonchev–Trinajstić information content (AvgIpc) is 3.39. The lowest BCUT2D eigenvalue weighted by Gasteiger charge is -2.33. The SMILES string of the molecule is CCC(C)(C)NC(=O)[C@H](c1ccc(C)o1)N(C(=O)c1csnn1)c1ccc(C)c(C)c1. The molecule has 31 heavy (non-hydrogen) atoms. The number of carbonyl (C=O) groups is 2. The lowest BCUT2D eigenvalue weighted by atomic mass is 10.00. The van der Waals surface area contributed by atoms with E-state index in [4.69, 9.17) is 4.42 Å². The molecular weight excluding hydrogens is 412 g/mol. The highest BCUT2D eigenvalue weighted by molar-refractivity contribution is 7.03. The van der Waals surface area contributed by atoms with Crippen molar-refractivity contribution in [2.75, 3.05) is 4.90 Å². The fraction of sp³-hybridized carbons (Fsp3) is 0.391. The smallest absolute Gasteiger partial charge is 0.280 e. The van der Waals surface area contributed by atoms with E-state index in [1.54, 1.807) is 24.4 Å². The molecular formula is C23H28N4O3S. The van der Waals surface area contributed by atoms with Gasteiger partial charge in [-0.05, 0) is 88.0 Å². The van der Waals surface area contributed by atoms with Gasteiger partial charge in [0.15, 0.2) is 11.7 Å². The van der Waals surface area contributed by atoms with Gasteiger partial charge in [0.1, 0.15) is 11.5 Å². The lowest BCUT2D eigenvalue weighted by molar-refractivity contribution is -0.124. The maximum Gasteiger partial charge on any atom is 0.280 e. The molecule has 2 heterocycles. The predicted octanol–water partition coefficient (Wildman–Crippen LogP) is 4.75. The van der Waals surface area contributed by atoms with E-state index in [0.717, 1.165) is 29.1 Å². The van der Waals surface area contributed by atoms with Crippen molar-refractivity contribution < 1.29 is 14.0 Å². The van der Waals surface area contributed by atoms with E-state index in [1.807, 2.05) is 52.8 Å². The van der Waals surface area contributed by atoms with Gasteiger partial charge in [-0.2, -0.15) is 0 Å². The Labute approximate surface area is 186 Å². The van der Waals surface area contributed by atoms with Crippen molar-refractivity contribution in [2.24, 2.45) is 0 Å². The molecule has 0 aliphatic carbocycles. The third kappa shape index (κ3) is 5.02. The van der Waals surface area contributed by atoms with Crippen molar-refractivity contribution in [3.05, 3.63) is 64.1 Å². The van der Waals surface area contributed by atoms with Crippen molar-refractivity contribution in [3.8, 4) is 0 Å². The number of furan rings is 1. The van der Waals surface area contributed by atoms with Crippen LogP contribution in [0.3, 0.4) is 0 Å². The summed E-state index contributed by atoms with van der Waals surface area (Å²) in [6, 6.07) is 8.18. The highest BCUT2D eigenvalue weighted by atomic mass is 32.1. The second-order valence-electron chi connectivity index (χ2n) is 8.31. The molecule has 0 bridgehead atoms. The van der Waals surface area contributed by atoms with Crippen LogP contribution < -0.4 is 10.2 Å². The molecule has 2 aromatic heterocycles. The number of benzene rings is 1. The predicted molar refractivity (Wildman–Crippen MR) is 121 cm³/mol. The first-order valence-electron chi connectivity index (χ1n) is 10.2. The number of nitrogens with one attached hydrogen (secondary N) is 1. The van der Waals surface area contributed by atoms with E-state index in [9.17, 15) is 9.59 Å². The second-order valence-corrected chi connectivity index (χ2v) is 8.92. The molecule has 0 radical (unpaired) electrons. The number of hydrogen-bond acceptors (Lipinski definition) is 6. The molecule has 7 nitrogen and oxygen atoms in total. The molecule has 1 N–H and O–H groups in total. The first-order chi connectivity index (χ1) is 14.6. The van der Waals surface area contributed by atoms with Gasteiger partial charge in [0.05, 0.1) is 0 Å². The molecule has 0 unspecified atom stereocenters. The number of amides is 2. The third-order valence-corrected chi connectivity index (χ3v) is 5.95. The standard InChI is InChI=1S/C23H28N4O3S/c1-7-23(5,6)24-21(28)20(19-11-9-16(4)30-19)27(22(29)18-13-31-26-25-18)17-10-8-14(2)15(3)12-17/h8-13,20H,7H2,1-6H3,(H,24,28)/t20-/m0/s1. The van der Waals surface area contributed by atoms with Crippen molar-refractivity contribution in [2.45, 2.75) is 59.5 Å². The van der Waals surface area contributed by atoms with Gasteiger partial charge in [-0.25, -0.2) is 0 Å². The van der Waals surface area contributed by atoms with Crippen LogP contribution >= 0.6 is 11.5 Å². The van der Waals surface area contributed by atoms with Crippen LogP contribution in [0, 0.1) is 20.8 Å². The molecule has 0 saturated heterocycles. The normalized spacial score (nSPS) is 12.5. The van der Waals surface area contributed by atoms with Gasteiger partial charge < -0.3 is 9.73 Å². The quantitative estimate of drug-likeness (QED) is 0.573. The van der Waals surface area contributed by atoms with Gasteiger partial charge in [0.25, 0.3) is 11.8 Å². The van der Waals surface area contributed by atoms with Crippen LogP contribution in [-0.2, 0) is 4.79 Å². The molecule has 3 rings (SSSR count). The molecule has 8 heteroatoms. The number of hydrogen-bond donors (Lipinski definition) is 1. The number of rotatable bonds is 7. The fourth-order valence-corrected chi connectivity index (χ4v) is 3.53. The van der Waals surface area contributed by atoms with Crippen LogP contribution in [0.25, 0.3) is 0 Å². The minimum absolute atomic E-state index is 0.180. The summed E-state index contributed by atoms with van der Waals surface area (Å²) in [7, 11) is 0. The monoisotopic (exact) mass is 440 g/mol. The van der Waals surface area contributed by atoms with Crippen LogP contribution in [0.2, 0.25) is 0 Å². The van der Waals surface area contributed by atoms with E-state index < -0.39 is 17.5 Å². The summed E-state index contributed by atoms with van der Waals surface area (Å²) in [6.45, 7) is 11.7. The number of nitrogens with zero attached hydrogens (tertiary/aromatic N) is 3. The molecule has 0 fully saturated rings. The van der Waals surface area contributed by atoms with Crippen molar-refractivity contribution in [1.29, 1.82) is 0 Å². The van der Waals surface area contributed by atoms with Gasteiger partial charge >= 0.3 is 0 Å². The topological polar surface area (TPSA) is 88.3 Å². The van der Waals surface area contributed by atoms with Gasteiger partial charge in [-0.15, -0.1) is 5.10 Å². The summed E-state index contributed by atoms with van der Waals surface area (Å²) >= 11 is 1.09. The summed E-state index contributed by atoms with van der Waals surface area (Å²) in [4.78, 5) is 28.6. The zero-order chi connectivity index (χ0) is 22.8. The van der Waals surface area contributed by atoms with Crippen molar-refractivity contribution in [1.82, 2.24) is 14.9 Å². The first kappa shape index (κ1) is 22.7. The maximum absolute atomic E-state index is 13.6. The number of aromatic nitrogens is 2. The van der Waals surface area contributed by atoms with Crippen molar-refractivity contribution >= 4 is 29.0 Å². The van der Waals surface area contributed by atoms with Crippen LogP contribution in [0.1, 0.15) is 66.4 Å². The number of carbonyl (C=O) groups excluding carboxylic acids is 2. The van der Waals surface area contributed by atoms with Crippen LogP contribution in [0.15, 0.2) is 40.1 Å². The Morgan fingerprint density at radius 2 is 1.90 bits per heavy atom. The average molecular weight is 441 g/mol. The molecule has 164 valence electrons. The molecule has 0 aliphatic rings. The summed E-state index contributed by atoms with van der Waals surface area (Å²) < 4.78 is 9.68. The van der Waals surface area contributed by atoms with Crippen LogP contribution in [0.5, 0.6) is 0 Å². The first-order valence-corrected chi connectivity index (χ1v) is 11.0. The largest absolute Gasteiger partial charge is 0.464 e. The van der Waals surface area contributed by atoms with Crippen molar-refractivity contribution in [3.63, 3.8) is 0 Å². The molecule has 0 saturated carbocycles. The number of aryl methyl sites for hydroxylation is 3. The zero-order valence-electron chi connectivity index (χ0n) is 18.7. The van der Waals surface area contributed by atoms with Gasteiger partial charge in [0.2, 0.25) is 0 Å². The molecule has 0 aliphatic heterocycles. The molecule has 1 atom stereocenters. The summed E-state index contributed by atoms with van der Waals surface area (Å²) in [6.07, 6.45) is 0.732. The summed E-state index contributed by atoms with van der Waals surface area (Å²) in [5.74, 6) is 0.304. The zero-order valence-corrected chi connectivity index (χ0v) is 19.5. The molecule has 0 spiro atoms. The summed E-state index contributed by atoms with van der Waals surface area (Å²) in [5, 5.41) is 8.59. The number of anilines is 1. The van der Waals surface area contributed by atoms with Crippen LogP contribution in [0.4, 0.5) is 5.69 Å². The van der Waals surface area contributed by atoms with Gasteiger partial charge in [-0.1, -0.05) is 17.5 Å². The Kier molecular flexibility index (Phi) is 6.59. The lowest BCUT2D eigenvalue weighted by Crippen LogP contribution is -2.50. The summed E-state index contributed by atoms with van der Waals surface area (Å²) in [5.41, 5.74) is 2.42. The highest BCUT2D eigenvalue weighted by Gasteiger charge is 2.38. The van der Waals surface area contributed by atoms with E-state index in [2.05, 4.69) is 14.9 Å². The van der Waals surface area contributed by atoms with E-state index in [1.165, 1.54) is 4.90 Å². The Morgan fingerprint density at radius 3 is 2.45 bits per heavy atom. The Morgan fingerprint density at radius 1 is 1.16 bits per heavy atom. The maximum atomic E-state index is 13.6. The second kappa shape index (κ2) is 9.01. The van der Waals surface area contributed by atoms with Crippen LogP contribution in [-0.4, -0.2) is 26.9 Å². The van der Waals surface area contributed by atoms with E-state index in [-0.39, 0.29) is 11.6 Å². The minimum Gasteiger partial charge on any atom is -0.464 e. The Hall–Kier alpha value is -3.00. The Balaban J connectivity index is 2.17. The van der Waals surface area contributed by atoms with E-state index in [0.29, 0.717) is 17.2 Å². The van der Waals surface area contributed by atoms with Gasteiger partial charge in [0, 0.05) is 16.6 Å². The molecule has 1 aromatic carbocycles. The highest BCUT2D eigenvalue weighted by Crippen LogP contribution is 2.32. The fourth-order valence-electron chi connectivity index (χ4n) is 3.10. The molecule has 2 amide bonds. The minimum atomic E-state index is -1.00. The molecule has 3 aromatic rings. The Bertz CT molecular complexity index is 1070. The van der Waals surface area contributed by atoms with E-state index >= 15 is 0 Å². The third-order valence-electron chi connectivity index (χ3n) is 5.45. The van der Waals surface area contributed by atoms with Gasteiger partial charge in [-0.3, -0.25) is 14.5 Å².